The molecular formula is C25H25F3N2O5. The number of likely N-dealkylation sites (tertiary alicyclic amines) is 1. The Bertz CT molecular complexity index is 1070. The first-order valence-corrected chi connectivity index (χ1v) is 11.3. The van der Waals surface area contributed by atoms with Crippen LogP contribution in [0.1, 0.15) is 36.3 Å². The summed E-state index contributed by atoms with van der Waals surface area (Å²) in [5.74, 6) is -2.42. The SMILES string of the molecule is O=C(O)CC1CCN(C(=O)CC(NC(=O)OCC2c3ccccc3-c3ccccc32)C(F)(F)F)C1. The Morgan fingerprint density at radius 2 is 1.66 bits per heavy atom. The minimum Gasteiger partial charge on any atom is -0.481 e. The number of amides is 2. The Hall–Kier alpha value is -3.56. The molecule has 0 saturated carbocycles. The number of fused-ring (bicyclic) bond motifs is 3. The van der Waals surface area contributed by atoms with Crippen LogP contribution in [0, 0.1) is 5.92 Å². The first-order valence-electron chi connectivity index (χ1n) is 11.3. The fraction of sp³-hybridized carbons (Fsp3) is 0.400. The molecule has 1 aliphatic carbocycles. The van der Waals surface area contributed by atoms with Gasteiger partial charge in [-0.15, -0.1) is 0 Å². The van der Waals surface area contributed by atoms with Crippen molar-refractivity contribution in [2.45, 2.75) is 37.4 Å². The number of carboxylic acid groups (broad SMARTS) is 1. The average Bonchev–Trinajstić information content (AvgIpc) is 3.39. The van der Waals surface area contributed by atoms with E-state index in [9.17, 15) is 27.6 Å². The molecule has 1 aliphatic heterocycles. The summed E-state index contributed by atoms with van der Waals surface area (Å²) in [7, 11) is 0. The third-order valence-electron chi connectivity index (χ3n) is 6.51. The topological polar surface area (TPSA) is 95.9 Å². The van der Waals surface area contributed by atoms with Gasteiger partial charge in [-0.2, -0.15) is 13.2 Å². The van der Waals surface area contributed by atoms with E-state index in [2.05, 4.69) is 0 Å². The van der Waals surface area contributed by atoms with Crippen molar-refractivity contribution in [3.63, 3.8) is 0 Å². The molecule has 0 aromatic heterocycles. The van der Waals surface area contributed by atoms with Crippen LogP contribution in [0.3, 0.4) is 0 Å². The molecule has 4 rings (SSSR count). The lowest BCUT2D eigenvalue weighted by atomic mass is 9.98. The Morgan fingerprint density at radius 1 is 1.06 bits per heavy atom. The molecule has 1 heterocycles. The number of hydrogen-bond acceptors (Lipinski definition) is 4. The Morgan fingerprint density at radius 3 is 2.23 bits per heavy atom. The van der Waals surface area contributed by atoms with E-state index in [1.807, 2.05) is 48.5 Å². The van der Waals surface area contributed by atoms with Gasteiger partial charge in [-0.05, 0) is 34.6 Å². The second kappa shape index (κ2) is 9.97. The van der Waals surface area contributed by atoms with Crippen molar-refractivity contribution in [3.8, 4) is 11.1 Å². The maximum Gasteiger partial charge on any atom is 0.409 e. The average molecular weight is 490 g/mol. The Balaban J connectivity index is 1.37. The maximum atomic E-state index is 13.6. The van der Waals surface area contributed by atoms with Crippen molar-refractivity contribution in [3.05, 3.63) is 59.7 Å². The number of alkyl carbamates (subject to hydrolysis) is 1. The van der Waals surface area contributed by atoms with Gasteiger partial charge in [0.25, 0.3) is 0 Å². The predicted molar refractivity (Wildman–Crippen MR) is 120 cm³/mol. The summed E-state index contributed by atoms with van der Waals surface area (Å²) < 4.78 is 46.0. The van der Waals surface area contributed by atoms with Gasteiger partial charge in [-0.25, -0.2) is 4.79 Å². The van der Waals surface area contributed by atoms with Crippen LogP contribution >= 0.6 is 0 Å². The van der Waals surface area contributed by atoms with Gasteiger partial charge >= 0.3 is 18.2 Å². The number of carbonyl (C=O) groups excluding carboxylic acids is 2. The van der Waals surface area contributed by atoms with E-state index in [-0.39, 0.29) is 38.0 Å². The number of hydrogen-bond donors (Lipinski definition) is 2. The van der Waals surface area contributed by atoms with E-state index in [0.717, 1.165) is 22.3 Å². The molecule has 2 aliphatic rings. The molecule has 2 N–H and O–H groups in total. The molecule has 2 atom stereocenters. The zero-order valence-corrected chi connectivity index (χ0v) is 18.8. The van der Waals surface area contributed by atoms with E-state index in [1.165, 1.54) is 4.90 Å². The molecule has 2 unspecified atom stereocenters. The van der Waals surface area contributed by atoms with E-state index in [4.69, 9.17) is 9.84 Å². The third kappa shape index (κ3) is 5.58. The summed E-state index contributed by atoms with van der Waals surface area (Å²) in [6.45, 7) is 0.119. The highest BCUT2D eigenvalue weighted by Crippen LogP contribution is 2.44. The van der Waals surface area contributed by atoms with Crippen LogP contribution in [0.15, 0.2) is 48.5 Å². The summed E-state index contributed by atoms with van der Waals surface area (Å²) in [6.07, 6.45) is -6.83. The summed E-state index contributed by atoms with van der Waals surface area (Å²) >= 11 is 0. The van der Waals surface area contributed by atoms with E-state index < -0.39 is 36.6 Å². The van der Waals surface area contributed by atoms with Crippen LogP contribution in [0.2, 0.25) is 0 Å². The van der Waals surface area contributed by atoms with Crippen LogP contribution in [-0.4, -0.2) is 59.9 Å². The van der Waals surface area contributed by atoms with Crippen molar-refractivity contribution >= 4 is 18.0 Å². The molecule has 2 aromatic carbocycles. The maximum absolute atomic E-state index is 13.6. The highest BCUT2D eigenvalue weighted by atomic mass is 19.4. The van der Waals surface area contributed by atoms with Gasteiger partial charge in [0.1, 0.15) is 12.6 Å². The molecule has 0 spiro atoms. The molecule has 0 radical (unpaired) electrons. The number of aliphatic carboxylic acids is 1. The normalized spacial score (nSPS) is 18.0. The van der Waals surface area contributed by atoms with Crippen LogP contribution in [-0.2, 0) is 14.3 Å². The van der Waals surface area contributed by atoms with Crippen molar-refractivity contribution in [2.24, 2.45) is 5.92 Å². The van der Waals surface area contributed by atoms with Crippen LogP contribution in [0.4, 0.5) is 18.0 Å². The van der Waals surface area contributed by atoms with Crippen molar-refractivity contribution in [1.82, 2.24) is 10.2 Å². The summed E-state index contributed by atoms with van der Waals surface area (Å²) in [5.41, 5.74) is 3.83. The number of benzene rings is 2. The summed E-state index contributed by atoms with van der Waals surface area (Å²) in [4.78, 5) is 36.8. The largest absolute Gasteiger partial charge is 0.481 e. The number of carboxylic acids is 1. The van der Waals surface area contributed by atoms with Crippen molar-refractivity contribution < 1.29 is 37.4 Å². The van der Waals surface area contributed by atoms with Gasteiger partial charge in [0, 0.05) is 25.4 Å². The van der Waals surface area contributed by atoms with Crippen molar-refractivity contribution in [2.75, 3.05) is 19.7 Å². The molecular weight excluding hydrogens is 465 g/mol. The molecule has 0 bridgehead atoms. The van der Waals surface area contributed by atoms with Gasteiger partial charge < -0.3 is 20.1 Å². The van der Waals surface area contributed by atoms with Crippen LogP contribution in [0.5, 0.6) is 0 Å². The number of nitrogens with one attached hydrogen (secondary N) is 1. The second-order valence-electron chi connectivity index (χ2n) is 8.86. The Labute approximate surface area is 199 Å². The standard InChI is InChI=1S/C25H25F3N2O5/c26-25(27,28)21(12-22(31)30-10-9-15(13-30)11-23(32)33)29-24(34)35-14-20-18-7-3-1-5-16(18)17-6-2-4-8-19(17)20/h1-8,15,20-21H,9-14H2,(H,29,34)(H,32,33). The lowest BCUT2D eigenvalue weighted by molar-refractivity contribution is -0.163. The van der Waals surface area contributed by atoms with Crippen LogP contribution in [0.25, 0.3) is 11.1 Å². The molecule has 10 heteroatoms. The highest BCUT2D eigenvalue weighted by molar-refractivity contribution is 5.80. The fourth-order valence-electron chi connectivity index (χ4n) is 4.81. The second-order valence-corrected chi connectivity index (χ2v) is 8.86. The zero-order valence-electron chi connectivity index (χ0n) is 18.8. The summed E-state index contributed by atoms with van der Waals surface area (Å²) in [5, 5.41) is 10.7. The highest BCUT2D eigenvalue weighted by Gasteiger charge is 2.44. The number of rotatable bonds is 7. The van der Waals surface area contributed by atoms with Gasteiger partial charge in [0.2, 0.25) is 5.91 Å². The monoisotopic (exact) mass is 490 g/mol. The van der Waals surface area contributed by atoms with Gasteiger partial charge in [0.05, 0.1) is 6.42 Å². The quantitative estimate of drug-likeness (QED) is 0.608. The van der Waals surface area contributed by atoms with E-state index in [1.54, 1.807) is 5.32 Å². The van der Waals surface area contributed by atoms with Crippen LogP contribution < -0.4 is 5.32 Å². The van der Waals surface area contributed by atoms with Gasteiger partial charge in [0.15, 0.2) is 0 Å². The number of alkyl halides is 3. The number of carbonyl (C=O) groups is 3. The first-order chi connectivity index (χ1) is 16.6. The van der Waals surface area contributed by atoms with Gasteiger partial charge in [-0.3, -0.25) is 9.59 Å². The van der Waals surface area contributed by atoms with Crippen molar-refractivity contribution in [1.29, 1.82) is 0 Å². The van der Waals surface area contributed by atoms with E-state index in [0.29, 0.717) is 6.42 Å². The molecule has 2 aromatic rings. The lowest BCUT2D eigenvalue weighted by Gasteiger charge is -2.24. The first kappa shape index (κ1) is 24.6. The Kier molecular flexibility index (Phi) is 7.00. The minimum atomic E-state index is -4.86. The molecule has 7 nitrogen and oxygen atoms in total. The predicted octanol–water partition coefficient (Wildman–Crippen LogP) is 4.17. The summed E-state index contributed by atoms with van der Waals surface area (Å²) in [6, 6.07) is 12.7. The third-order valence-corrected chi connectivity index (χ3v) is 6.51. The molecule has 186 valence electrons. The number of halogens is 3. The molecule has 2 amide bonds. The number of ether oxygens (including phenoxy) is 1. The molecule has 1 fully saturated rings. The molecule has 1 saturated heterocycles. The smallest absolute Gasteiger partial charge is 0.409 e. The molecule has 35 heavy (non-hydrogen) atoms. The minimum absolute atomic E-state index is 0.0840. The fourth-order valence-corrected chi connectivity index (χ4v) is 4.81. The van der Waals surface area contributed by atoms with Gasteiger partial charge in [-0.1, -0.05) is 48.5 Å². The number of nitrogens with zero attached hydrogens (tertiary/aromatic N) is 1. The zero-order chi connectivity index (χ0) is 25.2. The lowest BCUT2D eigenvalue weighted by Crippen LogP contribution is -2.48. The van der Waals surface area contributed by atoms with E-state index >= 15 is 0 Å².